The first kappa shape index (κ1) is 15.2. The molecule has 1 aliphatic heterocycles. The first-order valence-corrected chi connectivity index (χ1v) is 10.6. The van der Waals surface area contributed by atoms with Gasteiger partial charge in [-0.15, -0.1) is 0 Å². The van der Waals surface area contributed by atoms with Crippen LogP contribution in [0, 0.1) is 40.4 Å². The maximum Gasteiger partial charge on any atom is 0.0919 e. The van der Waals surface area contributed by atoms with Crippen LogP contribution in [0.1, 0.15) is 85.0 Å². The number of hydrogen-bond acceptors (Lipinski definition) is 1. The summed E-state index contributed by atoms with van der Waals surface area (Å²) in [6.07, 6.45) is 14.8. The first-order valence-electron chi connectivity index (χ1n) is 10.6. The minimum Gasteiger partial charge on any atom is -0.370 e. The molecule has 0 aromatic heterocycles. The van der Waals surface area contributed by atoms with E-state index in [1.165, 1.54) is 57.8 Å². The lowest BCUT2D eigenvalue weighted by Crippen LogP contribution is -2.54. The van der Waals surface area contributed by atoms with Crippen molar-refractivity contribution in [3.05, 3.63) is 0 Å². The molecular weight excluding hydrogens is 280 g/mol. The summed E-state index contributed by atoms with van der Waals surface area (Å²) in [6, 6.07) is 0. The lowest BCUT2D eigenvalue weighted by Gasteiger charge is -2.61. The highest BCUT2D eigenvalue weighted by Crippen LogP contribution is 2.69. The van der Waals surface area contributed by atoms with Crippen LogP contribution in [-0.4, -0.2) is 12.2 Å². The Bertz CT molecular complexity index is 494. The average molecular weight is 317 g/mol. The van der Waals surface area contributed by atoms with Crippen LogP contribution in [0.5, 0.6) is 0 Å². The van der Waals surface area contributed by atoms with Crippen molar-refractivity contribution >= 4 is 0 Å². The van der Waals surface area contributed by atoms with Gasteiger partial charge in [-0.25, -0.2) is 0 Å². The molecule has 0 amide bonds. The Morgan fingerprint density at radius 1 is 0.870 bits per heavy atom. The van der Waals surface area contributed by atoms with Crippen molar-refractivity contribution in [1.29, 1.82) is 0 Å². The third kappa shape index (κ3) is 1.95. The monoisotopic (exact) mass is 316 g/mol. The quantitative estimate of drug-likeness (QED) is 0.555. The molecule has 0 radical (unpaired) electrons. The zero-order valence-corrected chi connectivity index (χ0v) is 15.6. The summed E-state index contributed by atoms with van der Waals surface area (Å²) in [5, 5.41) is 0. The van der Waals surface area contributed by atoms with Crippen molar-refractivity contribution in [3.8, 4) is 0 Å². The Balaban J connectivity index is 1.42. The molecule has 130 valence electrons. The molecule has 0 bridgehead atoms. The van der Waals surface area contributed by atoms with E-state index < -0.39 is 0 Å². The Morgan fingerprint density at radius 3 is 2.39 bits per heavy atom. The van der Waals surface area contributed by atoms with E-state index in [0.29, 0.717) is 16.4 Å². The molecule has 1 heterocycles. The SMILES string of the molecule is CC[C@H]1CC[C@H]2[C@@H]3CCC4C[C@]5(CC[C@]4(C)[C@H]3CC[C@]12C)CO5. The molecule has 1 spiro atoms. The van der Waals surface area contributed by atoms with Crippen LogP contribution in [0.15, 0.2) is 0 Å². The van der Waals surface area contributed by atoms with Gasteiger partial charge >= 0.3 is 0 Å². The van der Waals surface area contributed by atoms with Crippen molar-refractivity contribution < 1.29 is 4.74 Å². The van der Waals surface area contributed by atoms with Gasteiger partial charge in [0.05, 0.1) is 12.2 Å². The summed E-state index contributed by atoms with van der Waals surface area (Å²) in [4.78, 5) is 0. The van der Waals surface area contributed by atoms with E-state index in [-0.39, 0.29) is 0 Å². The van der Waals surface area contributed by atoms with E-state index in [0.717, 1.165) is 36.2 Å². The van der Waals surface area contributed by atoms with E-state index in [9.17, 15) is 0 Å². The predicted octanol–water partition coefficient (Wildman–Crippen LogP) is 5.82. The second kappa shape index (κ2) is 4.77. The Hall–Kier alpha value is -0.0400. The molecule has 5 fully saturated rings. The summed E-state index contributed by atoms with van der Waals surface area (Å²) in [5.74, 6) is 5.13. The Morgan fingerprint density at radius 2 is 1.65 bits per heavy atom. The maximum absolute atomic E-state index is 5.88. The molecule has 4 aliphatic carbocycles. The van der Waals surface area contributed by atoms with Gasteiger partial charge in [-0.05, 0) is 98.2 Å². The van der Waals surface area contributed by atoms with Crippen molar-refractivity contribution in [2.24, 2.45) is 40.4 Å². The van der Waals surface area contributed by atoms with Crippen LogP contribution in [0.3, 0.4) is 0 Å². The molecule has 4 saturated carbocycles. The normalized spacial score (nSPS) is 60.9. The van der Waals surface area contributed by atoms with Crippen LogP contribution >= 0.6 is 0 Å². The maximum atomic E-state index is 5.88. The highest BCUT2D eigenvalue weighted by molar-refractivity contribution is 5.12. The summed E-state index contributed by atoms with van der Waals surface area (Å²) in [7, 11) is 0. The fourth-order valence-electron chi connectivity index (χ4n) is 8.45. The number of fused-ring (bicyclic) bond motifs is 5. The van der Waals surface area contributed by atoms with Crippen molar-refractivity contribution in [2.45, 2.75) is 90.6 Å². The summed E-state index contributed by atoms with van der Waals surface area (Å²) >= 11 is 0. The van der Waals surface area contributed by atoms with Gasteiger partial charge in [0.1, 0.15) is 0 Å². The fraction of sp³-hybridized carbons (Fsp3) is 1.00. The number of ether oxygens (including phenoxy) is 1. The van der Waals surface area contributed by atoms with Crippen LogP contribution in [0.4, 0.5) is 0 Å². The molecular formula is C22H36O. The summed E-state index contributed by atoms with van der Waals surface area (Å²) in [5.41, 5.74) is 1.70. The van der Waals surface area contributed by atoms with Gasteiger partial charge < -0.3 is 4.74 Å². The standard InChI is InChI=1S/C22H36O/c1-4-15-6-8-18-17-7-5-16-13-22(14-23-22)12-11-21(16,3)19(17)9-10-20(15,18)2/h15-19H,4-14H2,1-3H3/t15-,16?,17-,18-,19-,20+,21-,22+/m0/s1. The lowest BCUT2D eigenvalue weighted by atomic mass is 9.44. The summed E-state index contributed by atoms with van der Waals surface area (Å²) in [6.45, 7) is 8.89. The Labute approximate surface area is 142 Å². The van der Waals surface area contributed by atoms with Crippen molar-refractivity contribution in [2.75, 3.05) is 6.61 Å². The lowest BCUT2D eigenvalue weighted by molar-refractivity contribution is -0.120. The molecule has 1 unspecified atom stereocenters. The zero-order chi connectivity index (χ0) is 15.9. The van der Waals surface area contributed by atoms with Crippen LogP contribution in [-0.2, 0) is 4.74 Å². The van der Waals surface area contributed by atoms with E-state index in [1.807, 2.05) is 0 Å². The fourth-order valence-corrected chi connectivity index (χ4v) is 8.45. The number of epoxide rings is 1. The van der Waals surface area contributed by atoms with Crippen molar-refractivity contribution in [1.82, 2.24) is 0 Å². The number of hydrogen-bond donors (Lipinski definition) is 0. The molecule has 8 atom stereocenters. The van der Waals surface area contributed by atoms with Crippen LogP contribution in [0.2, 0.25) is 0 Å². The van der Waals surface area contributed by atoms with Gasteiger partial charge in [0, 0.05) is 0 Å². The van der Waals surface area contributed by atoms with Gasteiger partial charge in [0.15, 0.2) is 0 Å². The van der Waals surface area contributed by atoms with E-state index in [4.69, 9.17) is 4.74 Å². The van der Waals surface area contributed by atoms with E-state index in [2.05, 4.69) is 20.8 Å². The van der Waals surface area contributed by atoms with E-state index in [1.54, 1.807) is 6.42 Å². The van der Waals surface area contributed by atoms with Gasteiger partial charge in [-0.3, -0.25) is 0 Å². The highest BCUT2D eigenvalue weighted by Gasteiger charge is 2.62. The molecule has 1 saturated heterocycles. The van der Waals surface area contributed by atoms with Crippen LogP contribution in [0.25, 0.3) is 0 Å². The molecule has 5 rings (SSSR count). The summed E-state index contributed by atoms with van der Waals surface area (Å²) < 4.78 is 5.88. The topological polar surface area (TPSA) is 12.5 Å². The minimum atomic E-state index is 0.362. The molecule has 1 heteroatoms. The average Bonchev–Trinajstić information content (AvgIpc) is 3.20. The van der Waals surface area contributed by atoms with Gasteiger partial charge in [0.2, 0.25) is 0 Å². The predicted molar refractivity (Wildman–Crippen MR) is 94.2 cm³/mol. The molecule has 0 N–H and O–H groups in total. The second-order valence-corrected chi connectivity index (χ2v) is 10.6. The number of rotatable bonds is 1. The molecule has 1 nitrogen and oxygen atoms in total. The third-order valence-electron chi connectivity index (χ3n) is 10.0. The van der Waals surface area contributed by atoms with Crippen LogP contribution < -0.4 is 0 Å². The van der Waals surface area contributed by atoms with E-state index >= 15 is 0 Å². The largest absolute Gasteiger partial charge is 0.370 e. The third-order valence-corrected chi connectivity index (χ3v) is 10.0. The van der Waals surface area contributed by atoms with Gasteiger partial charge in [-0.1, -0.05) is 27.2 Å². The van der Waals surface area contributed by atoms with Gasteiger partial charge in [0.25, 0.3) is 0 Å². The zero-order valence-electron chi connectivity index (χ0n) is 15.6. The van der Waals surface area contributed by atoms with Crippen molar-refractivity contribution in [3.63, 3.8) is 0 Å². The van der Waals surface area contributed by atoms with Gasteiger partial charge in [-0.2, -0.15) is 0 Å². The Kier molecular flexibility index (Phi) is 3.16. The minimum absolute atomic E-state index is 0.362. The second-order valence-electron chi connectivity index (χ2n) is 10.6. The molecule has 5 aliphatic rings. The first-order chi connectivity index (χ1) is 11.0. The molecule has 0 aromatic rings. The molecule has 23 heavy (non-hydrogen) atoms. The molecule has 0 aromatic carbocycles. The smallest absolute Gasteiger partial charge is 0.0919 e. The highest BCUT2D eigenvalue weighted by atomic mass is 16.6.